The molecule has 7 heteroatoms. The van der Waals surface area contributed by atoms with Gasteiger partial charge in [0.05, 0.1) is 0 Å². The lowest BCUT2D eigenvalue weighted by Crippen LogP contribution is -2.48. The van der Waals surface area contributed by atoms with Crippen molar-refractivity contribution in [1.29, 1.82) is 0 Å². The molecule has 2 aliphatic carbocycles. The minimum atomic E-state index is -0.635. The number of rotatable bonds is 6. The minimum Gasteiger partial charge on any atom is -0.351 e. The van der Waals surface area contributed by atoms with Gasteiger partial charge < -0.3 is 10.2 Å². The topological polar surface area (TPSA) is 75.2 Å². The predicted octanol–water partition coefficient (Wildman–Crippen LogP) is 3.64. The molecule has 2 aromatic rings. The van der Waals surface area contributed by atoms with Gasteiger partial charge in [-0.1, -0.05) is 53.6 Å². The summed E-state index contributed by atoms with van der Waals surface area (Å²) < 4.78 is 3.83. The van der Waals surface area contributed by atoms with E-state index in [1.807, 2.05) is 31.2 Å². The van der Waals surface area contributed by atoms with E-state index >= 15 is 0 Å². The van der Waals surface area contributed by atoms with E-state index < -0.39 is 6.04 Å². The lowest BCUT2D eigenvalue weighted by atomic mass is 9.94. The molecule has 28 heavy (non-hydrogen) atoms. The smallest absolute Gasteiger partial charge is 0.276 e. The van der Waals surface area contributed by atoms with Crippen LogP contribution in [0.4, 0.5) is 0 Å². The Labute approximate surface area is 169 Å². The molecule has 0 spiro atoms. The second-order valence-corrected chi connectivity index (χ2v) is 8.50. The van der Waals surface area contributed by atoms with Crippen molar-refractivity contribution in [2.45, 2.75) is 70.0 Å². The van der Waals surface area contributed by atoms with E-state index in [1.54, 1.807) is 10.3 Å². The van der Waals surface area contributed by atoms with Crippen LogP contribution in [-0.4, -0.2) is 38.4 Å². The van der Waals surface area contributed by atoms with E-state index in [0.29, 0.717) is 5.69 Å². The summed E-state index contributed by atoms with van der Waals surface area (Å²) in [6.07, 6.45) is 7.40. The van der Waals surface area contributed by atoms with Crippen molar-refractivity contribution in [3.05, 3.63) is 46.5 Å². The third kappa shape index (κ3) is 4.24. The zero-order chi connectivity index (χ0) is 19.5. The minimum absolute atomic E-state index is 0.0811. The number of nitrogens with zero attached hydrogens (tertiary/aromatic N) is 3. The summed E-state index contributed by atoms with van der Waals surface area (Å²) in [5, 5.41) is 8.84. The third-order valence-corrected chi connectivity index (χ3v) is 6.13. The SMILES string of the molecule is Cc1ccc([C@H](C(=O)NC2CCCCC2)N(C(=O)c2csnn2)C2CC2)cc1. The van der Waals surface area contributed by atoms with Gasteiger partial charge in [0.1, 0.15) is 6.04 Å². The number of hydrogen-bond donors (Lipinski definition) is 1. The third-order valence-electron chi connectivity index (χ3n) is 5.63. The molecule has 1 aromatic heterocycles. The van der Waals surface area contributed by atoms with Crippen molar-refractivity contribution < 1.29 is 9.59 Å². The number of aryl methyl sites for hydroxylation is 1. The molecule has 2 amide bonds. The summed E-state index contributed by atoms with van der Waals surface area (Å²) in [6.45, 7) is 2.02. The molecule has 2 fully saturated rings. The second kappa shape index (κ2) is 8.39. The van der Waals surface area contributed by atoms with E-state index in [2.05, 4.69) is 14.9 Å². The maximum Gasteiger partial charge on any atom is 0.276 e. The maximum atomic E-state index is 13.4. The van der Waals surface area contributed by atoms with Crippen molar-refractivity contribution in [3.63, 3.8) is 0 Å². The Balaban J connectivity index is 1.65. The van der Waals surface area contributed by atoms with Crippen LogP contribution < -0.4 is 5.32 Å². The molecule has 2 saturated carbocycles. The number of hydrogen-bond acceptors (Lipinski definition) is 5. The monoisotopic (exact) mass is 398 g/mol. The Kier molecular flexibility index (Phi) is 5.71. The largest absolute Gasteiger partial charge is 0.351 e. The summed E-state index contributed by atoms with van der Waals surface area (Å²) in [5.74, 6) is -0.292. The van der Waals surface area contributed by atoms with Crippen molar-refractivity contribution in [3.8, 4) is 0 Å². The first-order valence-electron chi connectivity index (χ1n) is 10.1. The molecule has 0 unspecified atom stereocenters. The van der Waals surface area contributed by atoms with Crippen LogP contribution in [0.3, 0.4) is 0 Å². The van der Waals surface area contributed by atoms with Crippen molar-refractivity contribution in [2.75, 3.05) is 0 Å². The standard InChI is InChI=1S/C21H26N4O2S/c1-14-7-9-15(10-8-14)19(20(26)22-16-5-3-2-4-6-16)25(17-11-12-17)21(27)18-13-28-24-23-18/h7-10,13,16-17,19H,2-6,11-12H2,1H3,(H,22,26)/t19-/m1/s1. The molecule has 1 heterocycles. The van der Waals surface area contributed by atoms with E-state index in [4.69, 9.17) is 0 Å². The molecule has 1 aromatic carbocycles. The molecule has 2 aliphatic rings. The van der Waals surface area contributed by atoms with E-state index in [9.17, 15) is 9.59 Å². The molecule has 0 bridgehead atoms. The van der Waals surface area contributed by atoms with Crippen molar-refractivity contribution >= 4 is 23.3 Å². The van der Waals surface area contributed by atoms with Gasteiger partial charge in [0.25, 0.3) is 5.91 Å². The first-order chi connectivity index (χ1) is 13.6. The average molecular weight is 399 g/mol. The summed E-state index contributed by atoms with van der Waals surface area (Å²) in [6, 6.07) is 7.56. The van der Waals surface area contributed by atoms with Crippen LogP contribution in [0.1, 0.15) is 72.6 Å². The highest BCUT2D eigenvalue weighted by molar-refractivity contribution is 7.03. The summed E-state index contributed by atoms with van der Waals surface area (Å²) in [4.78, 5) is 28.4. The van der Waals surface area contributed by atoms with Crippen molar-refractivity contribution in [1.82, 2.24) is 19.8 Å². The van der Waals surface area contributed by atoms with Crippen LogP contribution in [-0.2, 0) is 4.79 Å². The van der Waals surface area contributed by atoms with Gasteiger partial charge in [-0.3, -0.25) is 9.59 Å². The Hall–Kier alpha value is -2.28. The fourth-order valence-corrected chi connectivity index (χ4v) is 4.38. The van der Waals surface area contributed by atoms with Gasteiger partial charge in [0, 0.05) is 17.5 Å². The molecule has 1 atom stereocenters. The van der Waals surface area contributed by atoms with Crippen LogP contribution in [0.2, 0.25) is 0 Å². The van der Waals surface area contributed by atoms with Crippen LogP contribution in [0.5, 0.6) is 0 Å². The summed E-state index contributed by atoms with van der Waals surface area (Å²) >= 11 is 1.15. The van der Waals surface area contributed by atoms with Gasteiger partial charge in [-0.15, -0.1) is 5.10 Å². The number of nitrogens with one attached hydrogen (secondary N) is 1. The van der Waals surface area contributed by atoms with E-state index in [-0.39, 0.29) is 23.9 Å². The highest BCUT2D eigenvalue weighted by Gasteiger charge is 2.42. The zero-order valence-corrected chi connectivity index (χ0v) is 17.0. The Morgan fingerprint density at radius 1 is 1.11 bits per heavy atom. The molecule has 1 N–H and O–H groups in total. The Morgan fingerprint density at radius 3 is 2.43 bits per heavy atom. The van der Waals surface area contributed by atoms with Gasteiger partial charge >= 0.3 is 0 Å². The number of aromatic nitrogens is 2. The van der Waals surface area contributed by atoms with Gasteiger partial charge in [0.15, 0.2) is 5.69 Å². The first kappa shape index (κ1) is 19.1. The molecule has 0 radical (unpaired) electrons. The fourth-order valence-electron chi connectivity index (χ4n) is 3.95. The van der Waals surface area contributed by atoms with Gasteiger partial charge in [-0.05, 0) is 49.7 Å². The molecule has 0 aliphatic heterocycles. The van der Waals surface area contributed by atoms with E-state index in [0.717, 1.165) is 61.2 Å². The van der Waals surface area contributed by atoms with Crippen LogP contribution in [0.25, 0.3) is 0 Å². The molecular weight excluding hydrogens is 372 g/mol. The lowest BCUT2D eigenvalue weighted by molar-refractivity contribution is -0.127. The van der Waals surface area contributed by atoms with Crippen LogP contribution >= 0.6 is 11.5 Å². The zero-order valence-electron chi connectivity index (χ0n) is 16.1. The van der Waals surface area contributed by atoms with Crippen molar-refractivity contribution in [2.24, 2.45) is 0 Å². The molecule has 6 nitrogen and oxygen atoms in total. The number of carbonyl (C=O) groups excluding carboxylic acids is 2. The van der Waals surface area contributed by atoms with Crippen LogP contribution in [0, 0.1) is 6.92 Å². The van der Waals surface area contributed by atoms with Gasteiger partial charge in [-0.25, -0.2) is 0 Å². The normalized spacial score (nSPS) is 18.5. The lowest BCUT2D eigenvalue weighted by Gasteiger charge is -2.33. The quantitative estimate of drug-likeness (QED) is 0.806. The molecule has 4 rings (SSSR count). The number of amides is 2. The number of carbonyl (C=O) groups is 2. The van der Waals surface area contributed by atoms with Gasteiger partial charge in [-0.2, -0.15) is 0 Å². The molecule has 148 valence electrons. The summed E-state index contributed by atoms with van der Waals surface area (Å²) in [7, 11) is 0. The highest BCUT2D eigenvalue weighted by atomic mass is 32.1. The second-order valence-electron chi connectivity index (χ2n) is 7.89. The number of benzene rings is 1. The first-order valence-corrected chi connectivity index (χ1v) is 10.9. The van der Waals surface area contributed by atoms with Crippen LogP contribution in [0.15, 0.2) is 29.6 Å². The molecule has 0 saturated heterocycles. The fraction of sp³-hybridized carbons (Fsp3) is 0.524. The highest BCUT2D eigenvalue weighted by Crippen LogP contribution is 2.36. The Bertz CT molecular complexity index is 811. The summed E-state index contributed by atoms with van der Waals surface area (Å²) in [5.41, 5.74) is 2.30. The maximum absolute atomic E-state index is 13.4. The predicted molar refractivity (Wildman–Crippen MR) is 108 cm³/mol. The van der Waals surface area contributed by atoms with E-state index in [1.165, 1.54) is 6.42 Å². The van der Waals surface area contributed by atoms with Gasteiger partial charge in [0.2, 0.25) is 5.91 Å². The molecular formula is C21H26N4O2S. The Morgan fingerprint density at radius 2 is 1.82 bits per heavy atom. The average Bonchev–Trinajstić information content (AvgIpc) is 3.39.